The Balaban J connectivity index is 1.89. The number of methoxy groups -OCH3 is 1. The highest BCUT2D eigenvalue weighted by Crippen LogP contribution is 2.43. The lowest BCUT2D eigenvalue weighted by atomic mass is 9.87. The van der Waals surface area contributed by atoms with Crippen LogP contribution in [0.15, 0.2) is 82.8 Å². The summed E-state index contributed by atoms with van der Waals surface area (Å²) in [5.41, 5.74) is 2.86. The van der Waals surface area contributed by atoms with Crippen LogP contribution in [0.2, 0.25) is 0 Å². The lowest BCUT2D eigenvalue weighted by Crippen LogP contribution is -2.29. The number of nitrogens with zero attached hydrogens (tertiary/aromatic N) is 1. The van der Waals surface area contributed by atoms with Gasteiger partial charge in [0.2, 0.25) is 0 Å². The van der Waals surface area contributed by atoms with Gasteiger partial charge in [0.05, 0.1) is 18.7 Å². The molecule has 1 heterocycles. The van der Waals surface area contributed by atoms with Gasteiger partial charge in [0.25, 0.3) is 11.7 Å². The molecule has 1 aliphatic heterocycles. The van der Waals surface area contributed by atoms with Crippen molar-refractivity contribution in [1.82, 2.24) is 0 Å². The molecule has 5 nitrogen and oxygen atoms in total. The predicted molar refractivity (Wildman–Crippen MR) is 137 cm³/mol. The van der Waals surface area contributed by atoms with Crippen molar-refractivity contribution in [3.63, 3.8) is 0 Å². The first-order valence-corrected chi connectivity index (χ1v) is 11.7. The van der Waals surface area contributed by atoms with Gasteiger partial charge in [-0.1, -0.05) is 73.1 Å². The minimum atomic E-state index is -0.782. The van der Waals surface area contributed by atoms with Crippen molar-refractivity contribution in [3.05, 3.63) is 99.5 Å². The fourth-order valence-electron chi connectivity index (χ4n) is 4.09. The van der Waals surface area contributed by atoms with Crippen LogP contribution in [0.3, 0.4) is 0 Å². The molecule has 3 aromatic carbocycles. The molecule has 1 N–H and O–H groups in total. The molecule has 6 heteroatoms. The highest BCUT2D eigenvalue weighted by atomic mass is 79.9. The first kappa shape index (κ1) is 23.8. The Bertz CT molecular complexity index is 1250. The SMILES string of the molecule is COc1ccc(C2/C(=C(\O)c3ccc(Br)cc3)C(=O)C(=O)N2c2ccc(C(C)(C)C)cc2)cc1. The van der Waals surface area contributed by atoms with E-state index in [1.165, 1.54) is 4.90 Å². The summed E-state index contributed by atoms with van der Waals surface area (Å²) in [5.74, 6) is -0.951. The first-order valence-electron chi connectivity index (χ1n) is 10.9. The Kier molecular flexibility index (Phi) is 6.36. The summed E-state index contributed by atoms with van der Waals surface area (Å²) in [6, 6.07) is 21.0. The first-order chi connectivity index (χ1) is 16.1. The summed E-state index contributed by atoms with van der Waals surface area (Å²) in [4.78, 5) is 28.0. The smallest absolute Gasteiger partial charge is 0.300 e. The topological polar surface area (TPSA) is 66.8 Å². The van der Waals surface area contributed by atoms with Gasteiger partial charge in [-0.3, -0.25) is 14.5 Å². The number of Topliss-reactive ketones (excluding diaryl/α,β-unsaturated/α-hetero) is 1. The molecule has 0 radical (unpaired) electrons. The maximum atomic E-state index is 13.3. The summed E-state index contributed by atoms with van der Waals surface area (Å²) in [7, 11) is 1.57. The van der Waals surface area contributed by atoms with E-state index in [0.717, 1.165) is 10.0 Å². The van der Waals surface area contributed by atoms with E-state index in [-0.39, 0.29) is 16.7 Å². The minimum Gasteiger partial charge on any atom is -0.507 e. The second-order valence-corrected chi connectivity index (χ2v) is 10.2. The number of aliphatic hydroxyl groups excluding tert-OH is 1. The maximum absolute atomic E-state index is 13.3. The summed E-state index contributed by atoms with van der Waals surface area (Å²) < 4.78 is 6.11. The van der Waals surface area contributed by atoms with Gasteiger partial charge in [0.1, 0.15) is 11.5 Å². The van der Waals surface area contributed by atoms with Crippen LogP contribution in [-0.4, -0.2) is 23.9 Å². The summed E-state index contributed by atoms with van der Waals surface area (Å²) in [6.07, 6.45) is 0. The molecule has 3 aromatic rings. The maximum Gasteiger partial charge on any atom is 0.300 e. The van der Waals surface area contributed by atoms with E-state index >= 15 is 0 Å². The molecule has 0 aromatic heterocycles. The fraction of sp³-hybridized carbons (Fsp3) is 0.214. The molecule has 4 rings (SSSR count). The Morgan fingerprint density at radius 2 is 1.50 bits per heavy atom. The number of rotatable bonds is 4. The number of hydrogen-bond acceptors (Lipinski definition) is 4. The van der Waals surface area contributed by atoms with Gasteiger partial charge in [-0.25, -0.2) is 0 Å². The van der Waals surface area contributed by atoms with Crippen molar-refractivity contribution >= 4 is 39.1 Å². The quantitative estimate of drug-likeness (QED) is 0.246. The predicted octanol–water partition coefficient (Wildman–Crippen LogP) is 6.38. The standard InChI is InChI=1S/C28H26BrNO4/c1-28(2,3)19-9-13-21(14-10-19)30-24(17-7-15-22(34-4)16-8-17)23(26(32)27(30)33)25(31)18-5-11-20(29)12-6-18/h5-16,24,31H,1-4H3/b25-23+. The van der Waals surface area contributed by atoms with Crippen LogP contribution in [0.1, 0.15) is 43.5 Å². The van der Waals surface area contributed by atoms with Gasteiger partial charge in [0, 0.05) is 15.7 Å². The van der Waals surface area contributed by atoms with Crippen molar-refractivity contribution in [3.8, 4) is 5.75 Å². The van der Waals surface area contributed by atoms with Gasteiger partial charge >= 0.3 is 0 Å². The van der Waals surface area contributed by atoms with Crippen molar-refractivity contribution in [2.24, 2.45) is 0 Å². The molecule has 34 heavy (non-hydrogen) atoms. The average molecular weight is 520 g/mol. The van der Waals surface area contributed by atoms with Crippen LogP contribution in [0, 0.1) is 0 Å². The molecular weight excluding hydrogens is 494 g/mol. The number of amides is 1. The van der Waals surface area contributed by atoms with Crippen LogP contribution in [0.25, 0.3) is 5.76 Å². The number of aliphatic hydroxyl groups is 1. The normalized spacial score (nSPS) is 17.8. The Morgan fingerprint density at radius 3 is 2.03 bits per heavy atom. The molecule has 0 spiro atoms. The van der Waals surface area contributed by atoms with Crippen LogP contribution in [0.5, 0.6) is 5.75 Å². The molecular formula is C28H26BrNO4. The molecule has 0 bridgehead atoms. The van der Waals surface area contributed by atoms with Gasteiger partial charge in [-0.05, 0) is 52.9 Å². The van der Waals surface area contributed by atoms with Gasteiger partial charge in [-0.15, -0.1) is 0 Å². The van der Waals surface area contributed by atoms with Crippen molar-refractivity contribution in [2.45, 2.75) is 32.2 Å². The van der Waals surface area contributed by atoms with E-state index in [9.17, 15) is 14.7 Å². The highest BCUT2D eigenvalue weighted by Gasteiger charge is 2.47. The summed E-state index contributed by atoms with van der Waals surface area (Å²) in [5, 5.41) is 11.2. The number of benzene rings is 3. The van der Waals surface area contributed by atoms with Crippen molar-refractivity contribution < 1.29 is 19.4 Å². The lowest BCUT2D eigenvalue weighted by Gasteiger charge is -2.27. The van der Waals surface area contributed by atoms with Crippen molar-refractivity contribution in [2.75, 3.05) is 12.0 Å². The number of hydrogen-bond donors (Lipinski definition) is 1. The van der Waals surface area contributed by atoms with E-state index in [0.29, 0.717) is 22.6 Å². The molecule has 1 saturated heterocycles. The number of carbonyl (C=O) groups is 2. The summed E-state index contributed by atoms with van der Waals surface area (Å²) >= 11 is 3.38. The lowest BCUT2D eigenvalue weighted by molar-refractivity contribution is -0.132. The van der Waals surface area contributed by atoms with Gasteiger partial charge < -0.3 is 9.84 Å². The molecule has 1 amide bonds. The van der Waals surface area contributed by atoms with Crippen LogP contribution in [0.4, 0.5) is 5.69 Å². The molecule has 0 aliphatic carbocycles. The molecule has 1 unspecified atom stereocenters. The van der Waals surface area contributed by atoms with E-state index in [2.05, 4.69) is 36.7 Å². The third kappa shape index (κ3) is 4.38. The zero-order chi connectivity index (χ0) is 24.6. The number of anilines is 1. The number of carbonyl (C=O) groups excluding carboxylic acids is 2. The van der Waals surface area contributed by atoms with Gasteiger partial charge in [-0.2, -0.15) is 0 Å². The van der Waals surface area contributed by atoms with E-state index < -0.39 is 17.7 Å². The Morgan fingerprint density at radius 1 is 0.912 bits per heavy atom. The number of halogens is 1. The average Bonchev–Trinajstić information content (AvgIpc) is 3.09. The van der Waals surface area contributed by atoms with Crippen molar-refractivity contribution in [1.29, 1.82) is 0 Å². The number of ether oxygens (including phenoxy) is 1. The van der Waals surface area contributed by atoms with E-state index in [1.807, 2.05) is 24.3 Å². The molecule has 0 saturated carbocycles. The second-order valence-electron chi connectivity index (χ2n) is 9.25. The molecule has 1 fully saturated rings. The van der Waals surface area contributed by atoms with Gasteiger partial charge in [0.15, 0.2) is 0 Å². The minimum absolute atomic E-state index is 0.0519. The van der Waals surface area contributed by atoms with Crippen LogP contribution in [-0.2, 0) is 15.0 Å². The molecule has 1 aliphatic rings. The number of ketones is 1. The van der Waals surface area contributed by atoms with E-state index in [1.54, 1.807) is 55.6 Å². The largest absolute Gasteiger partial charge is 0.507 e. The Labute approximate surface area is 207 Å². The zero-order valence-electron chi connectivity index (χ0n) is 19.5. The molecule has 1 atom stereocenters. The zero-order valence-corrected chi connectivity index (χ0v) is 21.1. The van der Waals surface area contributed by atoms with Crippen LogP contribution < -0.4 is 9.64 Å². The highest BCUT2D eigenvalue weighted by molar-refractivity contribution is 9.10. The van der Waals surface area contributed by atoms with Crippen LogP contribution >= 0.6 is 15.9 Å². The third-order valence-corrected chi connectivity index (χ3v) is 6.53. The Hall–Kier alpha value is -3.38. The van der Waals surface area contributed by atoms with E-state index in [4.69, 9.17) is 4.74 Å². The monoisotopic (exact) mass is 519 g/mol. The third-order valence-electron chi connectivity index (χ3n) is 6.01. The fourth-order valence-corrected chi connectivity index (χ4v) is 4.35. The second kappa shape index (κ2) is 9.11. The summed E-state index contributed by atoms with van der Waals surface area (Å²) in [6.45, 7) is 6.34. The molecule has 174 valence electrons.